The molecule has 0 bridgehead atoms. The van der Waals surface area contributed by atoms with Crippen molar-refractivity contribution in [2.75, 3.05) is 13.1 Å². The van der Waals surface area contributed by atoms with E-state index in [4.69, 9.17) is 22.3 Å². The zero-order valence-corrected chi connectivity index (χ0v) is 14.2. The van der Waals surface area contributed by atoms with Gasteiger partial charge in [0.25, 0.3) is 0 Å². The largest absolute Gasteiger partial charge is 0.357 e. The van der Waals surface area contributed by atoms with Crippen molar-refractivity contribution in [1.29, 1.82) is 0 Å². The Morgan fingerprint density at radius 1 is 1.27 bits per heavy atom. The maximum atomic E-state index is 6.52. The summed E-state index contributed by atoms with van der Waals surface area (Å²) in [5, 5.41) is 3.90. The second kappa shape index (κ2) is 7.11. The zero-order valence-electron chi connectivity index (χ0n) is 13.4. The molecule has 1 aromatic heterocycles. The van der Waals surface area contributed by atoms with Gasteiger partial charge in [0.1, 0.15) is 11.5 Å². The number of aromatic nitrogens is 1. The minimum atomic E-state index is -1.05. The van der Waals surface area contributed by atoms with Gasteiger partial charge in [-0.2, -0.15) is 0 Å². The Morgan fingerprint density at radius 3 is 2.55 bits per heavy atom. The third-order valence-corrected chi connectivity index (χ3v) is 3.89. The van der Waals surface area contributed by atoms with E-state index in [1.54, 1.807) is 12.3 Å². The first-order valence-electron chi connectivity index (χ1n) is 7.76. The number of allylic oxidation sites excluding steroid dienone is 1. The maximum Gasteiger partial charge on any atom is 0.228 e. The summed E-state index contributed by atoms with van der Waals surface area (Å²) in [6.07, 6.45) is 5.64. The number of pyridine rings is 1. The summed E-state index contributed by atoms with van der Waals surface area (Å²) in [7, 11) is 0. The Kier molecular flexibility index (Phi) is 5.42. The maximum absolute atomic E-state index is 6.52. The lowest BCUT2D eigenvalue weighted by Gasteiger charge is -2.35. The number of hydrogen-bond acceptors (Lipinski definition) is 5. The van der Waals surface area contributed by atoms with Crippen molar-refractivity contribution in [2.45, 2.75) is 39.4 Å². The van der Waals surface area contributed by atoms with Crippen molar-refractivity contribution in [2.24, 2.45) is 10.7 Å². The Hall–Kier alpha value is -1.59. The van der Waals surface area contributed by atoms with Crippen molar-refractivity contribution < 1.29 is 0 Å². The van der Waals surface area contributed by atoms with E-state index in [-0.39, 0.29) is 0 Å². The van der Waals surface area contributed by atoms with Gasteiger partial charge in [-0.1, -0.05) is 24.9 Å². The fourth-order valence-electron chi connectivity index (χ4n) is 2.51. The highest BCUT2D eigenvalue weighted by atomic mass is 35.5. The van der Waals surface area contributed by atoms with Gasteiger partial charge in [0.2, 0.25) is 5.79 Å². The average Bonchev–Trinajstić information content (AvgIpc) is 2.49. The van der Waals surface area contributed by atoms with Gasteiger partial charge in [0, 0.05) is 25.0 Å². The number of halogens is 1. The van der Waals surface area contributed by atoms with E-state index in [0.29, 0.717) is 10.7 Å². The molecule has 0 saturated carbocycles. The van der Waals surface area contributed by atoms with Crippen molar-refractivity contribution in [1.82, 2.24) is 15.2 Å². The lowest BCUT2D eigenvalue weighted by Crippen LogP contribution is -2.53. The fourth-order valence-corrected chi connectivity index (χ4v) is 2.63. The quantitative estimate of drug-likeness (QED) is 0.875. The number of rotatable bonds is 5. The number of likely N-dealkylation sites (N-methyl/N-ethyl adjacent to an activating group) is 1. The standard InChI is InChI=1S/C16H24ClN5/c1-4-7-13-10-15(22(5-2)6-3)21-16(18,20-13)14-9-8-12(17)11-19-14/h8-11,20H,4-7,18H2,1-3H3. The summed E-state index contributed by atoms with van der Waals surface area (Å²) in [5.41, 5.74) is 8.25. The SMILES string of the molecule is CCCC1=CC(N(CC)CC)=NC(N)(c2ccc(Cl)cn2)N1. The molecule has 0 fully saturated rings. The molecule has 0 aromatic carbocycles. The fraction of sp³-hybridized carbons (Fsp3) is 0.500. The minimum absolute atomic E-state index is 0.584. The van der Waals surface area contributed by atoms with Gasteiger partial charge in [-0.15, -0.1) is 0 Å². The lowest BCUT2D eigenvalue weighted by molar-refractivity contribution is 0.358. The number of amidine groups is 1. The summed E-state index contributed by atoms with van der Waals surface area (Å²) < 4.78 is 0. The molecule has 1 unspecified atom stereocenters. The van der Waals surface area contributed by atoms with Crippen LogP contribution in [0.2, 0.25) is 5.02 Å². The predicted octanol–water partition coefficient (Wildman–Crippen LogP) is 2.83. The van der Waals surface area contributed by atoms with Crippen LogP contribution in [0.3, 0.4) is 0 Å². The van der Waals surface area contributed by atoms with Crippen molar-refractivity contribution in [3.63, 3.8) is 0 Å². The smallest absolute Gasteiger partial charge is 0.228 e. The van der Waals surface area contributed by atoms with Crippen LogP contribution in [-0.4, -0.2) is 28.8 Å². The topological polar surface area (TPSA) is 66.5 Å². The van der Waals surface area contributed by atoms with E-state index in [9.17, 15) is 0 Å². The minimum Gasteiger partial charge on any atom is -0.357 e. The molecule has 1 aromatic rings. The Bertz CT molecular complexity index is 562. The third-order valence-electron chi connectivity index (χ3n) is 3.67. The normalized spacial score (nSPS) is 21.0. The van der Waals surface area contributed by atoms with Crippen LogP contribution in [-0.2, 0) is 5.79 Å². The van der Waals surface area contributed by atoms with Crippen molar-refractivity contribution >= 4 is 17.4 Å². The number of nitrogens with two attached hydrogens (primary N) is 1. The van der Waals surface area contributed by atoms with Gasteiger partial charge in [0.05, 0.1) is 5.02 Å². The van der Waals surface area contributed by atoms with E-state index in [1.807, 2.05) is 6.07 Å². The summed E-state index contributed by atoms with van der Waals surface area (Å²) in [6.45, 7) is 8.13. The van der Waals surface area contributed by atoms with Crippen molar-refractivity contribution in [3.8, 4) is 0 Å². The highest BCUT2D eigenvalue weighted by Crippen LogP contribution is 2.24. The first-order valence-corrected chi connectivity index (χ1v) is 8.14. The van der Waals surface area contributed by atoms with Crippen molar-refractivity contribution in [3.05, 3.63) is 40.8 Å². The molecular weight excluding hydrogens is 298 g/mol. The van der Waals surface area contributed by atoms with Gasteiger partial charge in [-0.25, -0.2) is 4.99 Å². The summed E-state index contributed by atoms with van der Waals surface area (Å²) in [6, 6.07) is 3.60. The molecule has 0 radical (unpaired) electrons. The molecule has 0 aliphatic carbocycles. The highest BCUT2D eigenvalue weighted by molar-refractivity contribution is 6.30. The predicted molar refractivity (Wildman–Crippen MR) is 91.6 cm³/mol. The lowest BCUT2D eigenvalue weighted by atomic mass is 10.1. The van der Waals surface area contributed by atoms with Gasteiger partial charge in [0.15, 0.2) is 0 Å². The number of aliphatic imine (C=N–C) groups is 1. The van der Waals surface area contributed by atoms with Crippen LogP contribution in [0.1, 0.15) is 39.3 Å². The molecule has 1 aliphatic rings. The molecular formula is C16H24ClN5. The molecule has 2 heterocycles. The zero-order chi connectivity index (χ0) is 16.2. The van der Waals surface area contributed by atoms with E-state index in [1.165, 1.54) is 0 Å². The Balaban J connectivity index is 2.42. The summed E-state index contributed by atoms with van der Waals surface area (Å²) in [5.74, 6) is -0.159. The molecule has 2 rings (SSSR count). The van der Waals surface area contributed by atoms with Crippen LogP contribution >= 0.6 is 11.6 Å². The summed E-state index contributed by atoms with van der Waals surface area (Å²) >= 11 is 5.92. The van der Waals surface area contributed by atoms with Crippen LogP contribution in [0.5, 0.6) is 0 Å². The molecule has 0 saturated heterocycles. The summed E-state index contributed by atoms with van der Waals surface area (Å²) in [4.78, 5) is 11.2. The molecule has 6 heteroatoms. The van der Waals surface area contributed by atoms with Crippen LogP contribution in [0, 0.1) is 0 Å². The van der Waals surface area contributed by atoms with Gasteiger partial charge in [-0.05, 0) is 38.5 Å². The van der Waals surface area contributed by atoms with Crippen LogP contribution < -0.4 is 11.1 Å². The Labute approximate surface area is 137 Å². The second-order valence-electron chi connectivity index (χ2n) is 5.31. The van der Waals surface area contributed by atoms with Crippen LogP contribution in [0.25, 0.3) is 0 Å². The van der Waals surface area contributed by atoms with Gasteiger partial charge in [-0.3, -0.25) is 10.7 Å². The van der Waals surface area contributed by atoms with Crippen LogP contribution in [0.15, 0.2) is 35.1 Å². The first-order chi connectivity index (χ1) is 10.5. The van der Waals surface area contributed by atoms with Gasteiger partial charge >= 0.3 is 0 Å². The molecule has 120 valence electrons. The number of nitrogens with one attached hydrogen (secondary N) is 1. The molecule has 0 amide bonds. The Morgan fingerprint density at radius 2 is 2.00 bits per heavy atom. The second-order valence-corrected chi connectivity index (χ2v) is 5.75. The number of hydrogen-bond donors (Lipinski definition) is 2. The molecule has 3 N–H and O–H groups in total. The highest BCUT2D eigenvalue weighted by Gasteiger charge is 2.33. The third kappa shape index (κ3) is 3.59. The van der Waals surface area contributed by atoms with Crippen LogP contribution in [0.4, 0.5) is 0 Å². The van der Waals surface area contributed by atoms with E-state index >= 15 is 0 Å². The molecule has 5 nitrogen and oxygen atoms in total. The molecule has 1 atom stereocenters. The average molecular weight is 322 g/mol. The molecule has 0 spiro atoms. The number of nitrogens with zero attached hydrogens (tertiary/aromatic N) is 3. The molecule has 22 heavy (non-hydrogen) atoms. The monoisotopic (exact) mass is 321 g/mol. The first kappa shape index (κ1) is 16.8. The van der Waals surface area contributed by atoms with Gasteiger partial charge < -0.3 is 10.2 Å². The van der Waals surface area contributed by atoms with E-state index in [0.717, 1.165) is 37.5 Å². The molecule has 1 aliphatic heterocycles. The van der Waals surface area contributed by atoms with E-state index < -0.39 is 5.79 Å². The van der Waals surface area contributed by atoms with E-state index in [2.05, 4.69) is 42.0 Å².